The summed E-state index contributed by atoms with van der Waals surface area (Å²) in [6, 6.07) is 0. The number of aliphatic hydroxyl groups is 2. The van der Waals surface area contributed by atoms with Crippen LogP contribution < -0.4 is 11.5 Å². The molecule has 2 amide bonds. The Bertz CT molecular complexity index is 239. The number of primary amides is 2. The fraction of sp³-hybridized carbons (Fsp3) is 0.833. The molecule has 0 saturated carbocycles. The summed E-state index contributed by atoms with van der Waals surface area (Å²) in [6.45, 7) is 9.06. The monoisotopic (exact) mass is 311 g/mol. The maximum absolute atomic E-state index is 9.23. The van der Waals surface area contributed by atoms with Gasteiger partial charge in [0.05, 0.1) is 13.2 Å². The molecule has 9 nitrogen and oxygen atoms in total. The van der Waals surface area contributed by atoms with Crippen molar-refractivity contribution in [2.24, 2.45) is 16.9 Å². The van der Waals surface area contributed by atoms with Gasteiger partial charge in [-0.15, -0.1) is 0 Å². The van der Waals surface area contributed by atoms with Crippen LogP contribution in [0.1, 0.15) is 27.2 Å². The van der Waals surface area contributed by atoms with Crippen LogP contribution in [0.25, 0.3) is 0 Å². The van der Waals surface area contributed by atoms with Gasteiger partial charge in [-0.05, 0) is 19.5 Å². The number of hydrogen-bond donors (Lipinski definition) is 6. The SMILES string of the molecule is CCN(CC)CC(CC)(CO)CO.NC(=O)O.NC(=O)O. The Hall–Kier alpha value is -1.58. The Labute approximate surface area is 125 Å². The molecule has 21 heavy (non-hydrogen) atoms. The van der Waals surface area contributed by atoms with E-state index in [4.69, 9.17) is 19.8 Å². The minimum Gasteiger partial charge on any atom is -0.465 e. The number of nitrogens with two attached hydrogens (primary N) is 2. The van der Waals surface area contributed by atoms with Crippen LogP contribution in [0.3, 0.4) is 0 Å². The molecule has 0 aromatic heterocycles. The van der Waals surface area contributed by atoms with E-state index in [9.17, 15) is 10.2 Å². The summed E-state index contributed by atoms with van der Waals surface area (Å²) in [4.78, 5) is 19.8. The van der Waals surface area contributed by atoms with Crippen LogP contribution in [0, 0.1) is 5.41 Å². The number of rotatable bonds is 7. The van der Waals surface area contributed by atoms with Crippen molar-refractivity contribution >= 4 is 12.2 Å². The van der Waals surface area contributed by atoms with Crippen molar-refractivity contribution in [2.45, 2.75) is 27.2 Å². The van der Waals surface area contributed by atoms with Gasteiger partial charge >= 0.3 is 12.2 Å². The van der Waals surface area contributed by atoms with Gasteiger partial charge in [-0.3, -0.25) is 0 Å². The largest absolute Gasteiger partial charge is 0.465 e. The Morgan fingerprint density at radius 2 is 1.24 bits per heavy atom. The van der Waals surface area contributed by atoms with Crippen molar-refractivity contribution in [3.05, 3.63) is 0 Å². The molecule has 8 N–H and O–H groups in total. The number of aliphatic hydroxyl groups excluding tert-OH is 2. The Morgan fingerprint density at radius 3 is 1.38 bits per heavy atom. The molecule has 128 valence electrons. The van der Waals surface area contributed by atoms with Gasteiger partial charge < -0.3 is 36.8 Å². The molecule has 0 aromatic carbocycles. The zero-order valence-corrected chi connectivity index (χ0v) is 12.9. The lowest BCUT2D eigenvalue weighted by atomic mass is 9.86. The summed E-state index contributed by atoms with van der Waals surface area (Å²) in [5.74, 6) is 0. The fourth-order valence-electron chi connectivity index (χ4n) is 1.41. The first-order chi connectivity index (χ1) is 9.64. The average Bonchev–Trinajstić information content (AvgIpc) is 2.40. The Balaban J connectivity index is -0.000000334. The van der Waals surface area contributed by atoms with Crippen LogP contribution in [0.15, 0.2) is 0 Å². The quantitative estimate of drug-likeness (QED) is 0.383. The molecular formula is C12H29N3O6. The minimum atomic E-state index is -1.33. The molecule has 0 aromatic rings. The first kappa shape index (κ1) is 24.4. The third kappa shape index (κ3) is 18.4. The van der Waals surface area contributed by atoms with Crippen molar-refractivity contribution in [3.8, 4) is 0 Å². The van der Waals surface area contributed by atoms with Gasteiger partial charge in [0.1, 0.15) is 0 Å². The molecular weight excluding hydrogens is 282 g/mol. The van der Waals surface area contributed by atoms with E-state index in [1.165, 1.54) is 0 Å². The highest BCUT2D eigenvalue weighted by Crippen LogP contribution is 2.21. The van der Waals surface area contributed by atoms with Gasteiger partial charge in [-0.2, -0.15) is 0 Å². The lowest BCUT2D eigenvalue weighted by Crippen LogP contribution is -2.42. The number of carbonyl (C=O) groups is 2. The second kappa shape index (κ2) is 14.8. The van der Waals surface area contributed by atoms with Crippen LogP contribution in [-0.4, -0.2) is 70.4 Å². The predicted octanol–water partition coefficient (Wildman–Crippen LogP) is -0.0446. The zero-order chi connectivity index (χ0) is 17.5. The molecule has 0 unspecified atom stereocenters. The summed E-state index contributed by atoms with van der Waals surface area (Å²) in [5.41, 5.74) is 7.74. The van der Waals surface area contributed by atoms with E-state index in [2.05, 4.69) is 30.2 Å². The van der Waals surface area contributed by atoms with E-state index in [0.717, 1.165) is 26.1 Å². The van der Waals surface area contributed by atoms with Crippen molar-refractivity contribution in [1.29, 1.82) is 0 Å². The van der Waals surface area contributed by atoms with Gasteiger partial charge in [0.25, 0.3) is 0 Å². The van der Waals surface area contributed by atoms with Gasteiger partial charge in [-0.1, -0.05) is 20.8 Å². The highest BCUT2D eigenvalue weighted by molar-refractivity contribution is 5.61. The Kier molecular flexibility index (Phi) is 17.2. The molecule has 0 atom stereocenters. The molecule has 0 spiro atoms. The van der Waals surface area contributed by atoms with Crippen LogP contribution in [0.4, 0.5) is 9.59 Å². The number of amides is 2. The van der Waals surface area contributed by atoms with Crippen LogP contribution in [-0.2, 0) is 0 Å². The van der Waals surface area contributed by atoms with E-state index >= 15 is 0 Å². The highest BCUT2D eigenvalue weighted by atomic mass is 16.4. The molecule has 0 bridgehead atoms. The molecule has 0 radical (unpaired) electrons. The van der Waals surface area contributed by atoms with Crippen LogP contribution in [0.2, 0.25) is 0 Å². The molecule has 9 heteroatoms. The zero-order valence-electron chi connectivity index (χ0n) is 12.9. The summed E-state index contributed by atoms with van der Waals surface area (Å²) >= 11 is 0. The third-order valence-corrected chi connectivity index (χ3v) is 2.87. The van der Waals surface area contributed by atoms with Gasteiger partial charge in [0.15, 0.2) is 0 Å². The first-order valence-corrected chi connectivity index (χ1v) is 6.55. The maximum Gasteiger partial charge on any atom is 0.402 e. The minimum absolute atomic E-state index is 0.0660. The second-order valence-corrected chi connectivity index (χ2v) is 4.31. The summed E-state index contributed by atoms with van der Waals surface area (Å²) in [5, 5.41) is 32.8. The fourth-order valence-corrected chi connectivity index (χ4v) is 1.41. The maximum atomic E-state index is 9.23. The number of nitrogens with zero attached hydrogens (tertiary/aromatic N) is 1. The molecule has 0 aliphatic heterocycles. The lowest BCUT2D eigenvalue weighted by Gasteiger charge is -2.33. The van der Waals surface area contributed by atoms with Crippen molar-refractivity contribution < 1.29 is 30.0 Å². The van der Waals surface area contributed by atoms with Gasteiger partial charge in [-0.25, -0.2) is 9.59 Å². The third-order valence-electron chi connectivity index (χ3n) is 2.87. The molecule has 0 aliphatic rings. The van der Waals surface area contributed by atoms with Crippen molar-refractivity contribution in [3.63, 3.8) is 0 Å². The standard InChI is InChI=1S/C10H23NO2.2CH3NO2/c1-4-10(8-12,9-13)7-11(5-2)6-3;2*2-1(3)4/h12-13H,4-9H2,1-3H3;2*2H2,(H,3,4). The molecule has 0 fully saturated rings. The van der Waals surface area contributed by atoms with E-state index < -0.39 is 12.2 Å². The van der Waals surface area contributed by atoms with Crippen LogP contribution in [0.5, 0.6) is 0 Å². The smallest absolute Gasteiger partial charge is 0.402 e. The van der Waals surface area contributed by atoms with E-state index in [1.54, 1.807) is 0 Å². The van der Waals surface area contributed by atoms with E-state index in [1.807, 2.05) is 6.92 Å². The first-order valence-electron chi connectivity index (χ1n) is 6.55. The van der Waals surface area contributed by atoms with Gasteiger partial charge in [0.2, 0.25) is 0 Å². The second-order valence-electron chi connectivity index (χ2n) is 4.31. The lowest BCUT2D eigenvalue weighted by molar-refractivity contribution is 0.0206. The van der Waals surface area contributed by atoms with Crippen LogP contribution >= 0.6 is 0 Å². The van der Waals surface area contributed by atoms with Gasteiger partial charge in [0, 0.05) is 12.0 Å². The number of carboxylic acid groups (broad SMARTS) is 2. The molecule has 0 aliphatic carbocycles. The topological polar surface area (TPSA) is 170 Å². The molecule has 0 saturated heterocycles. The molecule has 0 rings (SSSR count). The van der Waals surface area contributed by atoms with Crippen molar-refractivity contribution in [1.82, 2.24) is 4.90 Å². The predicted molar refractivity (Wildman–Crippen MR) is 79.1 cm³/mol. The van der Waals surface area contributed by atoms with E-state index in [-0.39, 0.29) is 18.6 Å². The van der Waals surface area contributed by atoms with E-state index in [0.29, 0.717) is 0 Å². The normalized spacial score (nSPS) is 10.0. The Morgan fingerprint density at radius 1 is 0.952 bits per heavy atom. The number of hydrogen-bond acceptors (Lipinski definition) is 5. The summed E-state index contributed by atoms with van der Waals surface area (Å²) in [7, 11) is 0. The summed E-state index contributed by atoms with van der Waals surface area (Å²) in [6.07, 6.45) is -1.85. The average molecular weight is 311 g/mol. The summed E-state index contributed by atoms with van der Waals surface area (Å²) < 4.78 is 0. The molecule has 0 heterocycles. The highest BCUT2D eigenvalue weighted by Gasteiger charge is 2.28. The van der Waals surface area contributed by atoms with Crippen molar-refractivity contribution in [2.75, 3.05) is 32.8 Å².